The normalized spacial score (nSPS) is 12.9. The van der Waals surface area contributed by atoms with Gasteiger partial charge in [-0.3, -0.25) is 59.8 Å². The molecule has 0 amide bonds. The highest BCUT2D eigenvalue weighted by Crippen LogP contribution is 2.48. The van der Waals surface area contributed by atoms with E-state index in [9.17, 15) is 30.6 Å². The van der Waals surface area contributed by atoms with Crippen molar-refractivity contribution in [1.29, 1.82) is 0 Å². The van der Waals surface area contributed by atoms with Crippen molar-refractivity contribution in [3.05, 3.63) is 253 Å². The third kappa shape index (κ3) is 25.3. The van der Waals surface area contributed by atoms with Crippen molar-refractivity contribution < 1.29 is 30.6 Å². The van der Waals surface area contributed by atoms with Gasteiger partial charge >= 0.3 is 0 Å². The van der Waals surface area contributed by atoms with E-state index in [1.807, 2.05) is 146 Å². The lowest BCUT2D eigenvalue weighted by Gasteiger charge is -2.33. The number of rotatable bonds is 12. The van der Waals surface area contributed by atoms with Crippen molar-refractivity contribution in [3.63, 3.8) is 0 Å². The summed E-state index contributed by atoms with van der Waals surface area (Å²) in [5, 5.41) is 82.0. The maximum atomic E-state index is 12.5. The van der Waals surface area contributed by atoms with Crippen molar-refractivity contribution in [1.82, 2.24) is 59.8 Å². The molecule has 0 aliphatic carbocycles. The Balaban J connectivity index is 1.05. The van der Waals surface area contributed by atoms with Crippen molar-refractivity contribution in [3.8, 4) is 34.5 Å². The molecule has 0 saturated carbocycles. The molecule has 16 aromatic heterocycles. The van der Waals surface area contributed by atoms with Gasteiger partial charge in [0.1, 0.15) is 67.6 Å². The molecule has 0 spiro atoms. The molecule has 18 nitrogen and oxygen atoms in total. The SMILES string of the molecule is CC(C)(C)CC(C)(C)c1cc2ncc3ccc(cn3)c3cc(C(C)(C)CC(C)(C)C)cc(ncc4ccc(cn4)c4cc(C(C)(C)CC(C)(C)C)cc(ncc5ccc(cn5)c5cc(C(C)(C)CC(C)(C)C)cc(ncc6ccc(cn6)c6cc(C(C)(C)CC(C)(C)C)cc(ncc7ccc(cn7)c7cc(C(C)(C)CC(C)(C)C)cc(ncc8ccc(cn8)c(c1)c2O)c7O)c6O)c5O)c4O)c3O. The number of aromatic hydroxyl groups is 6. The Morgan fingerprint density at radius 3 is 0.384 bits per heavy atom. The van der Waals surface area contributed by atoms with E-state index in [0.717, 1.165) is 71.9 Å². The minimum Gasteiger partial charge on any atom is -0.505 e. The first-order valence-electron chi connectivity index (χ1n) is 48.2. The van der Waals surface area contributed by atoms with E-state index in [1.54, 1.807) is 74.4 Å². The molecular formula is C120H144N12O6. The van der Waals surface area contributed by atoms with Crippen LogP contribution in [0, 0.1) is 32.5 Å². The van der Waals surface area contributed by atoms with Gasteiger partial charge in [0, 0.05) is 102 Å². The van der Waals surface area contributed by atoms with Gasteiger partial charge < -0.3 is 30.6 Å². The fourth-order valence-electron chi connectivity index (χ4n) is 21.2. The molecule has 720 valence electrons. The number of hydrogen-bond acceptors (Lipinski definition) is 18. The summed E-state index contributed by atoms with van der Waals surface area (Å²) in [5.74, 6) is -0.214. The minimum absolute atomic E-state index is 0.0356. The summed E-state index contributed by atoms with van der Waals surface area (Å²) < 4.78 is 0. The molecule has 22 aromatic rings. The topological polar surface area (TPSA) is 276 Å². The fraction of sp³-hybridized carbons (Fsp3) is 0.400. The molecule has 0 unspecified atom stereocenters. The quantitative estimate of drug-likeness (QED) is 0.0663. The van der Waals surface area contributed by atoms with Crippen LogP contribution in [-0.2, 0) is 32.5 Å². The van der Waals surface area contributed by atoms with E-state index in [0.29, 0.717) is 131 Å². The minimum atomic E-state index is -0.368. The molecule has 18 heteroatoms. The highest BCUT2D eigenvalue weighted by Gasteiger charge is 2.35. The molecule has 6 aromatic carbocycles. The van der Waals surface area contributed by atoms with Gasteiger partial charge in [0.15, 0.2) is 0 Å². The Morgan fingerprint density at radius 2 is 0.283 bits per heavy atom. The van der Waals surface area contributed by atoms with Crippen molar-refractivity contribution in [2.45, 2.75) is 279 Å². The molecule has 0 atom stereocenters. The first kappa shape index (κ1) is 102. The summed E-state index contributed by atoms with van der Waals surface area (Å²) in [7, 11) is 0. The van der Waals surface area contributed by atoms with Crippen LogP contribution in [-0.4, -0.2) is 90.4 Å². The number of phenols is 6. The average molecular weight is 1850 g/mol. The Hall–Kier alpha value is -13.0. The van der Waals surface area contributed by atoms with Crippen LogP contribution in [0.3, 0.4) is 0 Å². The van der Waals surface area contributed by atoms with E-state index in [4.69, 9.17) is 59.8 Å². The fourth-order valence-corrected chi connectivity index (χ4v) is 21.2. The zero-order valence-corrected chi connectivity index (χ0v) is 87.1. The largest absolute Gasteiger partial charge is 0.505 e. The number of nitrogens with zero attached hydrogens (tertiary/aromatic N) is 12. The number of aromatic nitrogens is 12. The summed E-state index contributed by atoms with van der Waals surface area (Å²) >= 11 is 0. The molecule has 22 rings (SSSR count). The first-order valence-corrected chi connectivity index (χ1v) is 48.2. The maximum absolute atomic E-state index is 12.5. The van der Waals surface area contributed by atoms with Gasteiger partial charge in [-0.25, -0.2) is 0 Å². The molecule has 138 heavy (non-hydrogen) atoms. The molecule has 0 saturated heterocycles. The number of benzene rings is 6. The lowest BCUT2D eigenvalue weighted by Crippen LogP contribution is -2.24. The van der Waals surface area contributed by atoms with Gasteiger partial charge in [-0.15, -0.1) is 0 Å². The molecule has 6 N–H and O–H groups in total. The van der Waals surface area contributed by atoms with Gasteiger partial charge in [-0.2, -0.15) is 0 Å². The van der Waals surface area contributed by atoms with Crippen molar-refractivity contribution >= 4 is 131 Å². The maximum Gasteiger partial charge on any atom is 0.149 e. The summed E-state index contributed by atoms with van der Waals surface area (Å²) in [5.41, 5.74) is 8.52. The summed E-state index contributed by atoms with van der Waals surface area (Å²) in [6.07, 6.45) is 25.1. The Labute approximate surface area is 815 Å². The van der Waals surface area contributed by atoms with Gasteiger partial charge in [-0.05, 0) is 246 Å². The molecule has 24 bridgehead atoms. The zero-order chi connectivity index (χ0) is 101. The van der Waals surface area contributed by atoms with Crippen molar-refractivity contribution in [2.24, 2.45) is 32.5 Å². The lowest BCUT2D eigenvalue weighted by atomic mass is 9.72. The van der Waals surface area contributed by atoms with Gasteiger partial charge in [0.05, 0.1) is 70.3 Å². The van der Waals surface area contributed by atoms with Gasteiger partial charge in [0.2, 0.25) is 0 Å². The molecule has 0 aliphatic rings. The predicted molar refractivity (Wildman–Crippen MR) is 575 cm³/mol. The van der Waals surface area contributed by atoms with E-state index in [1.165, 1.54) is 0 Å². The third-order valence-corrected chi connectivity index (χ3v) is 25.7. The van der Waals surface area contributed by atoms with Gasteiger partial charge in [-0.1, -0.05) is 244 Å². The van der Waals surface area contributed by atoms with E-state index in [2.05, 4.69) is 208 Å². The van der Waals surface area contributed by atoms with E-state index >= 15 is 0 Å². The number of hydrogen-bond donors (Lipinski definition) is 6. The second-order valence-corrected chi connectivity index (χ2v) is 49.5. The smallest absolute Gasteiger partial charge is 0.149 e. The Bertz CT molecular complexity index is 6290. The molecule has 0 aliphatic heterocycles. The molecule has 0 fully saturated rings. The van der Waals surface area contributed by atoms with Crippen LogP contribution >= 0.6 is 0 Å². The summed E-state index contributed by atoms with van der Waals surface area (Å²) in [4.78, 5) is 59.5. The lowest BCUT2D eigenvalue weighted by molar-refractivity contribution is 0.284. The molecule has 16 heterocycles. The van der Waals surface area contributed by atoms with Crippen LogP contribution in [0.1, 0.15) is 280 Å². The third-order valence-electron chi connectivity index (χ3n) is 25.7. The van der Waals surface area contributed by atoms with Crippen LogP contribution < -0.4 is 0 Å². The Morgan fingerprint density at radius 1 is 0.159 bits per heavy atom. The predicted octanol–water partition coefficient (Wildman–Crippen LogP) is 31.2. The zero-order valence-electron chi connectivity index (χ0n) is 87.1. The standard InChI is InChI=1S/C120H144N12O6/c1-109(2,3)67-115(19,20)79-43-91-73-31-37-86(121-55-73)62-128-98-50-81(117(23,24)69-111(7,8)9)45-93(105(98)135)75-33-39-88(123-57-75)64-130-100-52-83(119(27,28)71-113(13,14)15)47-95(107(100)137)77-35-41-90(125-59-77)66-132-102-54-84(120(29,30)72-114(16,17)18)48-96(108(102)138)78-36-42-89(126-60-78)65-131-101-53-82(118(25,26)70-112(10,11)12)46-94(106(101)136)76-34-40-87(124-58-76)63-129-99-51-80(116(21,22)68-110(4,5)6)44-92(104(99)134)74-32-38-85(122-56-74)61-127-97(49-79)103(91)133/h31-66,133-138H,67-72H2,1-30H3. The monoisotopic (exact) mass is 1850 g/mol. The van der Waals surface area contributed by atoms with Crippen LogP contribution in [0.25, 0.3) is 131 Å². The molecule has 0 radical (unpaired) electrons. The van der Waals surface area contributed by atoms with Gasteiger partial charge in [0.25, 0.3) is 0 Å². The highest BCUT2D eigenvalue weighted by atomic mass is 16.3. The first-order chi connectivity index (χ1) is 63.9. The molecular weight excluding hydrogens is 1710 g/mol. The second kappa shape index (κ2) is 38.4. The van der Waals surface area contributed by atoms with Crippen LogP contribution in [0.4, 0.5) is 0 Å². The van der Waals surface area contributed by atoms with Crippen LogP contribution in [0.5, 0.6) is 34.5 Å². The number of pyridine rings is 6. The van der Waals surface area contributed by atoms with E-state index < -0.39 is 0 Å². The Kier molecular flexibility index (Phi) is 28.5. The van der Waals surface area contributed by atoms with Crippen LogP contribution in [0.15, 0.2) is 220 Å². The summed E-state index contributed by atoms with van der Waals surface area (Å²) in [6.45, 7) is 66.6. The van der Waals surface area contributed by atoms with Crippen LogP contribution in [0.2, 0.25) is 0 Å². The van der Waals surface area contributed by atoms with Crippen molar-refractivity contribution in [2.75, 3.05) is 0 Å². The van der Waals surface area contributed by atoms with E-state index in [-0.39, 0.29) is 99.5 Å². The summed E-state index contributed by atoms with van der Waals surface area (Å²) in [6, 6.07) is 46.4. The average Bonchev–Trinajstić information content (AvgIpc) is 0.797. The highest BCUT2D eigenvalue weighted by molar-refractivity contribution is 5.99. The second-order valence-electron chi connectivity index (χ2n) is 49.5. The number of phenolic OH excluding ortho intramolecular Hbond substituents is 6.